The maximum atomic E-state index is 12.4. The number of carboxylic acids is 1. The number of aromatic carboxylic acids is 1. The molecule has 0 aliphatic heterocycles. The second-order valence-electron chi connectivity index (χ2n) is 5.46. The lowest BCUT2D eigenvalue weighted by Crippen LogP contribution is -2.13. The van der Waals surface area contributed by atoms with Crippen LogP contribution in [0.15, 0.2) is 54.6 Å². The predicted molar refractivity (Wildman–Crippen MR) is 101 cm³/mol. The van der Waals surface area contributed by atoms with Gasteiger partial charge in [-0.1, -0.05) is 47.5 Å². The van der Waals surface area contributed by atoms with E-state index in [1.165, 1.54) is 0 Å². The van der Waals surface area contributed by atoms with Crippen LogP contribution in [0.1, 0.15) is 25.6 Å². The first-order valence-electron chi connectivity index (χ1n) is 7.46. The van der Waals surface area contributed by atoms with Crippen LogP contribution in [0.2, 0.25) is 5.02 Å². The van der Waals surface area contributed by atoms with Crippen molar-refractivity contribution in [3.63, 3.8) is 0 Å². The van der Waals surface area contributed by atoms with Crippen LogP contribution in [-0.4, -0.2) is 17.0 Å². The molecule has 126 valence electrons. The Labute approximate surface area is 153 Å². The minimum Gasteiger partial charge on any atom is -0.477 e. The molecule has 0 saturated heterocycles. The van der Waals surface area contributed by atoms with Crippen molar-refractivity contribution in [2.24, 2.45) is 0 Å². The minimum atomic E-state index is -1.09. The fourth-order valence-electron chi connectivity index (χ4n) is 2.34. The van der Waals surface area contributed by atoms with Gasteiger partial charge in [-0.05, 0) is 31.2 Å². The van der Waals surface area contributed by atoms with Gasteiger partial charge in [-0.25, -0.2) is 4.79 Å². The highest BCUT2D eigenvalue weighted by Gasteiger charge is 2.19. The summed E-state index contributed by atoms with van der Waals surface area (Å²) in [5, 5.41) is 12.7. The lowest BCUT2D eigenvalue weighted by atomic mass is 10.1. The molecule has 1 amide bonds. The number of benzene rings is 2. The van der Waals surface area contributed by atoms with Gasteiger partial charge in [-0.15, -0.1) is 11.3 Å². The Balaban J connectivity index is 1.95. The zero-order chi connectivity index (χ0) is 18.0. The molecule has 25 heavy (non-hydrogen) atoms. The van der Waals surface area contributed by atoms with Crippen molar-refractivity contribution in [2.45, 2.75) is 6.92 Å². The zero-order valence-electron chi connectivity index (χ0n) is 13.2. The van der Waals surface area contributed by atoms with E-state index in [2.05, 4.69) is 5.32 Å². The number of hydrogen-bond donors (Lipinski definition) is 2. The third-order valence-electron chi connectivity index (χ3n) is 3.63. The van der Waals surface area contributed by atoms with Crippen molar-refractivity contribution >= 4 is 40.5 Å². The molecule has 0 spiro atoms. The van der Waals surface area contributed by atoms with E-state index in [4.69, 9.17) is 11.6 Å². The first-order chi connectivity index (χ1) is 12.0. The third-order valence-corrected chi connectivity index (χ3v) is 5.11. The highest BCUT2D eigenvalue weighted by atomic mass is 35.5. The molecule has 0 aliphatic carbocycles. The van der Waals surface area contributed by atoms with Gasteiger partial charge >= 0.3 is 5.97 Å². The van der Waals surface area contributed by atoms with Crippen molar-refractivity contribution < 1.29 is 14.7 Å². The summed E-state index contributed by atoms with van der Waals surface area (Å²) >= 11 is 7.26. The van der Waals surface area contributed by atoms with E-state index in [-0.39, 0.29) is 16.5 Å². The first kappa shape index (κ1) is 17.2. The molecule has 1 heterocycles. The van der Waals surface area contributed by atoms with Crippen LogP contribution in [0.5, 0.6) is 0 Å². The van der Waals surface area contributed by atoms with Crippen LogP contribution in [0.25, 0.3) is 10.4 Å². The van der Waals surface area contributed by atoms with Gasteiger partial charge in [0.2, 0.25) is 0 Å². The fourth-order valence-corrected chi connectivity index (χ4v) is 3.62. The Bertz CT molecular complexity index is 948. The molecular weight excluding hydrogens is 358 g/mol. The van der Waals surface area contributed by atoms with Gasteiger partial charge in [0, 0.05) is 21.0 Å². The van der Waals surface area contributed by atoms with E-state index in [9.17, 15) is 14.7 Å². The minimum absolute atomic E-state index is 0.0652. The number of rotatable bonds is 4. The molecule has 3 rings (SSSR count). The molecule has 0 atom stereocenters. The van der Waals surface area contributed by atoms with Gasteiger partial charge in [0.15, 0.2) is 0 Å². The number of carboxylic acid groups (broad SMARTS) is 1. The highest BCUT2D eigenvalue weighted by molar-refractivity contribution is 7.18. The Morgan fingerprint density at radius 3 is 2.40 bits per heavy atom. The first-order valence-corrected chi connectivity index (χ1v) is 8.65. The Kier molecular flexibility index (Phi) is 4.88. The standard InChI is InChI=1S/C19H14ClNO3S/c1-11-6-8-12(9-7-11)18(22)21-15-10-16(25-17(15)19(23)24)13-4-2-3-5-14(13)20/h2-10H,1H3,(H,21,22)(H,23,24). The number of carbonyl (C=O) groups is 2. The molecule has 1 aromatic heterocycles. The van der Waals surface area contributed by atoms with Gasteiger partial charge < -0.3 is 10.4 Å². The van der Waals surface area contributed by atoms with Crippen LogP contribution >= 0.6 is 22.9 Å². The molecule has 3 aromatic rings. The molecule has 0 fully saturated rings. The molecule has 2 N–H and O–H groups in total. The molecule has 0 saturated carbocycles. The van der Waals surface area contributed by atoms with E-state index in [0.717, 1.165) is 22.5 Å². The Morgan fingerprint density at radius 1 is 1.08 bits per heavy atom. The van der Waals surface area contributed by atoms with Crippen LogP contribution in [-0.2, 0) is 0 Å². The summed E-state index contributed by atoms with van der Waals surface area (Å²) in [4.78, 5) is 24.7. The van der Waals surface area contributed by atoms with Crippen LogP contribution in [0.4, 0.5) is 5.69 Å². The van der Waals surface area contributed by atoms with E-state index in [1.807, 2.05) is 31.2 Å². The average molecular weight is 372 g/mol. The lowest BCUT2D eigenvalue weighted by molar-refractivity contribution is 0.0703. The summed E-state index contributed by atoms with van der Waals surface area (Å²) < 4.78 is 0. The maximum absolute atomic E-state index is 12.4. The number of hydrogen-bond acceptors (Lipinski definition) is 3. The number of aryl methyl sites for hydroxylation is 1. The number of carbonyl (C=O) groups excluding carboxylic acids is 1. The summed E-state index contributed by atoms with van der Waals surface area (Å²) in [5.41, 5.74) is 2.50. The topological polar surface area (TPSA) is 66.4 Å². The Morgan fingerprint density at radius 2 is 1.76 bits per heavy atom. The molecular formula is C19H14ClNO3S. The Hall–Kier alpha value is -2.63. The van der Waals surface area contributed by atoms with Gasteiger partial charge in [0.25, 0.3) is 5.91 Å². The van der Waals surface area contributed by atoms with E-state index < -0.39 is 5.97 Å². The van der Waals surface area contributed by atoms with Crippen molar-refractivity contribution in [2.75, 3.05) is 5.32 Å². The quantitative estimate of drug-likeness (QED) is 0.651. The summed E-state index contributed by atoms with van der Waals surface area (Å²) in [5.74, 6) is -1.45. The molecule has 0 aliphatic rings. The monoisotopic (exact) mass is 371 g/mol. The number of amides is 1. The molecule has 4 nitrogen and oxygen atoms in total. The average Bonchev–Trinajstić information content (AvgIpc) is 2.99. The maximum Gasteiger partial charge on any atom is 0.348 e. The number of halogens is 1. The van der Waals surface area contributed by atoms with Crippen LogP contribution in [0, 0.1) is 6.92 Å². The number of nitrogens with one attached hydrogen (secondary N) is 1. The lowest BCUT2D eigenvalue weighted by Gasteiger charge is -2.05. The number of thiophene rings is 1. The van der Waals surface area contributed by atoms with Crippen molar-refractivity contribution in [1.82, 2.24) is 0 Å². The molecule has 0 radical (unpaired) electrons. The molecule has 0 unspecified atom stereocenters. The molecule has 0 bridgehead atoms. The second-order valence-corrected chi connectivity index (χ2v) is 6.92. The molecule has 6 heteroatoms. The van der Waals surface area contributed by atoms with Crippen LogP contribution in [0.3, 0.4) is 0 Å². The largest absolute Gasteiger partial charge is 0.477 e. The zero-order valence-corrected chi connectivity index (χ0v) is 14.8. The van der Waals surface area contributed by atoms with Crippen LogP contribution < -0.4 is 5.32 Å². The summed E-state index contributed by atoms with van der Waals surface area (Å²) in [6.45, 7) is 1.93. The predicted octanol–water partition coefficient (Wildman–Crippen LogP) is 5.33. The normalized spacial score (nSPS) is 10.5. The van der Waals surface area contributed by atoms with Crippen molar-refractivity contribution in [3.05, 3.63) is 75.6 Å². The second kappa shape index (κ2) is 7.09. The van der Waals surface area contributed by atoms with Gasteiger partial charge in [-0.2, -0.15) is 0 Å². The highest BCUT2D eigenvalue weighted by Crippen LogP contribution is 2.38. The SMILES string of the molecule is Cc1ccc(C(=O)Nc2cc(-c3ccccc3Cl)sc2C(=O)O)cc1. The summed E-state index contributed by atoms with van der Waals surface area (Å²) in [6.07, 6.45) is 0. The smallest absolute Gasteiger partial charge is 0.348 e. The van der Waals surface area contributed by atoms with E-state index in [1.54, 1.807) is 30.3 Å². The van der Waals surface area contributed by atoms with E-state index >= 15 is 0 Å². The van der Waals surface area contributed by atoms with Crippen molar-refractivity contribution in [1.29, 1.82) is 0 Å². The summed E-state index contributed by atoms with van der Waals surface area (Å²) in [7, 11) is 0. The molecule has 2 aromatic carbocycles. The van der Waals surface area contributed by atoms with Gasteiger partial charge in [0.05, 0.1) is 5.69 Å². The van der Waals surface area contributed by atoms with Gasteiger partial charge in [-0.3, -0.25) is 4.79 Å². The van der Waals surface area contributed by atoms with E-state index in [0.29, 0.717) is 15.5 Å². The van der Waals surface area contributed by atoms with Gasteiger partial charge in [0.1, 0.15) is 4.88 Å². The fraction of sp³-hybridized carbons (Fsp3) is 0.0526. The summed E-state index contributed by atoms with van der Waals surface area (Å²) in [6, 6.07) is 15.9. The van der Waals surface area contributed by atoms with Crippen molar-refractivity contribution in [3.8, 4) is 10.4 Å². The third kappa shape index (κ3) is 3.73. The number of anilines is 1.